The van der Waals surface area contributed by atoms with Gasteiger partial charge in [-0.2, -0.15) is 5.10 Å². The number of rotatable bonds is 4. The number of hydrogen-bond donors (Lipinski definition) is 6. The van der Waals surface area contributed by atoms with Gasteiger partial charge < -0.3 is 26.2 Å². The lowest BCUT2D eigenvalue weighted by atomic mass is 10.2. The normalized spacial score (nSPS) is 12.6. The standard InChI is InChI=1S/C10H13N3O5/c11-6(4-14)10(18)13-12-3-5-1-2-7(15)9(17)8(5)16/h1-3,6,14-17H,4,11H2,(H,13,18)/b12-3+/t6-/m1/s1. The zero-order valence-electron chi connectivity index (χ0n) is 9.24. The summed E-state index contributed by atoms with van der Waals surface area (Å²) < 4.78 is 0. The Labute approximate surface area is 102 Å². The first kappa shape index (κ1) is 13.7. The average molecular weight is 255 g/mol. The molecule has 8 nitrogen and oxygen atoms in total. The van der Waals surface area contributed by atoms with Crippen molar-refractivity contribution >= 4 is 12.1 Å². The maximum Gasteiger partial charge on any atom is 0.259 e. The highest BCUT2D eigenvalue weighted by atomic mass is 16.3. The number of aliphatic hydroxyl groups is 1. The van der Waals surface area contributed by atoms with Gasteiger partial charge in [0.25, 0.3) is 5.91 Å². The summed E-state index contributed by atoms with van der Waals surface area (Å²) in [5, 5.41) is 39.8. The number of aromatic hydroxyl groups is 3. The van der Waals surface area contributed by atoms with Gasteiger partial charge in [-0.25, -0.2) is 5.43 Å². The number of aliphatic hydroxyl groups excluding tert-OH is 1. The summed E-state index contributed by atoms with van der Waals surface area (Å²) in [7, 11) is 0. The lowest BCUT2D eigenvalue weighted by molar-refractivity contribution is -0.123. The molecule has 0 saturated carbocycles. The first-order chi connectivity index (χ1) is 8.47. The van der Waals surface area contributed by atoms with E-state index in [9.17, 15) is 15.0 Å². The van der Waals surface area contributed by atoms with Gasteiger partial charge in [-0.05, 0) is 12.1 Å². The quantitative estimate of drug-likeness (QED) is 0.221. The van der Waals surface area contributed by atoms with Crippen LogP contribution >= 0.6 is 0 Å². The molecule has 8 heteroatoms. The highest BCUT2D eigenvalue weighted by Gasteiger charge is 2.11. The van der Waals surface area contributed by atoms with Crippen molar-refractivity contribution in [3.63, 3.8) is 0 Å². The summed E-state index contributed by atoms with van der Waals surface area (Å²) in [6, 6.07) is 1.34. The summed E-state index contributed by atoms with van der Waals surface area (Å²) in [5.74, 6) is -2.43. The number of amides is 1. The van der Waals surface area contributed by atoms with E-state index in [0.29, 0.717) is 0 Å². The third-order valence-corrected chi connectivity index (χ3v) is 2.07. The molecule has 0 bridgehead atoms. The van der Waals surface area contributed by atoms with Crippen LogP contribution in [0, 0.1) is 0 Å². The Balaban J connectivity index is 2.74. The molecule has 98 valence electrons. The van der Waals surface area contributed by atoms with Crippen molar-refractivity contribution in [1.29, 1.82) is 0 Å². The number of carbonyl (C=O) groups is 1. The largest absolute Gasteiger partial charge is 0.504 e. The summed E-state index contributed by atoms with van der Waals surface area (Å²) >= 11 is 0. The molecule has 0 heterocycles. The number of phenols is 3. The number of benzene rings is 1. The Kier molecular flexibility index (Phi) is 4.46. The highest BCUT2D eigenvalue weighted by molar-refractivity contribution is 5.87. The molecule has 0 unspecified atom stereocenters. The molecule has 1 atom stereocenters. The predicted octanol–water partition coefficient (Wildman–Crippen LogP) is -1.43. The van der Waals surface area contributed by atoms with Crippen molar-refractivity contribution in [2.45, 2.75) is 6.04 Å². The van der Waals surface area contributed by atoms with Crippen molar-refractivity contribution in [2.24, 2.45) is 10.8 Å². The molecule has 1 rings (SSSR count). The topological polar surface area (TPSA) is 148 Å². The van der Waals surface area contributed by atoms with Crippen molar-refractivity contribution in [3.05, 3.63) is 17.7 Å². The second-order valence-corrected chi connectivity index (χ2v) is 3.39. The molecule has 0 aliphatic rings. The number of phenolic OH excluding ortho intramolecular Hbond substituents is 3. The minimum atomic E-state index is -1.09. The Morgan fingerprint density at radius 1 is 1.39 bits per heavy atom. The zero-order valence-corrected chi connectivity index (χ0v) is 9.24. The molecule has 0 aliphatic heterocycles. The van der Waals surface area contributed by atoms with E-state index in [1.807, 2.05) is 5.43 Å². The number of carbonyl (C=O) groups excluding carboxylic acids is 1. The first-order valence-corrected chi connectivity index (χ1v) is 4.90. The molecule has 0 spiro atoms. The smallest absolute Gasteiger partial charge is 0.259 e. The maximum atomic E-state index is 11.1. The average Bonchev–Trinajstić information content (AvgIpc) is 2.37. The molecule has 0 fully saturated rings. The fraction of sp³-hybridized carbons (Fsp3) is 0.200. The third kappa shape index (κ3) is 3.09. The molecule has 0 aromatic heterocycles. The van der Waals surface area contributed by atoms with Crippen molar-refractivity contribution < 1.29 is 25.2 Å². The van der Waals surface area contributed by atoms with Gasteiger partial charge in [0.2, 0.25) is 5.75 Å². The molecule has 1 aromatic carbocycles. The van der Waals surface area contributed by atoms with Crippen LogP contribution in [0.4, 0.5) is 0 Å². The summed E-state index contributed by atoms with van der Waals surface area (Å²) in [6.07, 6.45) is 1.05. The Morgan fingerprint density at radius 3 is 2.67 bits per heavy atom. The SMILES string of the molecule is N[C@H](CO)C(=O)N/N=C/c1ccc(O)c(O)c1O. The summed E-state index contributed by atoms with van der Waals surface area (Å²) in [5.41, 5.74) is 7.33. The lowest BCUT2D eigenvalue weighted by Crippen LogP contribution is -2.40. The molecule has 18 heavy (non-hydrogen) atoms. The van der Waals surface area contributed by atoms with Gasteiger partial charge in [-0.3, -0.25) is 4.79 Å². The second-order valence-electron chi connectivity index (χ2n) is 3.39. The fourth-order valence-electron chi connectivity index (χ4n) is 1.02. The molecule has 7 N–H and O–H groups in total. The number of nitrogens with zero attached hydrogens (tertiary/aromatic N) is 1. The molecule has 1 amide bonds. The highest BCUT2D eigenvalue weighted by Crippen LogP contribution is 2.36. The van der Waals surface area contributed by atoms with Crippen LogP contribution in [-0.4, -0.2) is 45.2 Å². The predicted molar refractivity (Wildman–Crippen MR) is 62.2 cm³/mol. The monoisotopic (exact) mass is 255 g/mol. The zero-order chi connectivity index (χ0) is 13.7. The third-order valence-electron chi connectivity index (χ3n) is 2.07. The molecular weight excluding hydrogens is 242 g/mol. The number of nitrogens with two attached hydrogens (primary N) is 1. The van der Waals surface area contributed by atoms with E-state index in [4.69, 9.17) is 15.9 Å². The van der Waals surface area contributed by atoms with Crippen LogP contribution in [0.5, 0.6) is 17.2 Å². The molecule has 1 aromatic rings. The van der Waals surface area contributed by atoms with Crippen LogP contribution in [0.25, 0.3) is 0 Å². The van der Waals surface area contributed by atoms with Crippen LogP contribution in [0.3, 0.4) is 0 Å². The van der Waals surface area contributed by atoms with Crippen LogP contribution in [0.2, 0.25) is 0 Å². The van der Waals surface area contributed by atoms with Gasteiger partial charge in [0.1, 0.15) is 6.04 Å². The van der Waals surface area contributed by atoms with Gasteiger partial charge in [-0.15, -0.1) is 0 Å². The fourth-order valence-corrected chi connectivity index (χ4v) is 1.02. The number of hydrogen-bond acceptors (Lipinski definition) is 7. The van der Waals surface area contributed by atoms with Gasteiger partial charge in [0.05, 0.1) is 12.8 Å². The summed E-state index contributed by atoms with van der Waals surface area (Å²) in [4.78, 5) is 11.1. The van der Waals surface area contributed by atoms with E-state index in [1.54, 1.807) is 0 Å². The van der Waals surface area contributed by atoms with E-state index >= 15 is 0 Å². The molecular formula is C10H13N3O5. The van der Waals surface area contributed by atoms with Crippen molar-refractivity contribution in [1.82, 2.24) is 5.43 Å². The minimum absolute atomic E-state index is 0.0863. The number of nitrogens with one attached hydrogen (secondary N) is 1. The van der Waals surface area contributed by atoms with Gasteiger partial charge in [0.15, 0.2) is 11.5 Å². The molecule has 0 aliphatic carbocycles. The molecule has 0 radical (unpaired) electrons. The van der Waals surface area contributed by atoms with Crippen LogP contribution in [0.1, 0.15) is 5.56 Å². The van der Waals surface area contributed by atoms with Crippen LogP contribution in [0.15, 0.2) is 17.2 Å². The Morgan fingerprint density at radius 2 is 2.06 bits per heavy atom. The van der Waals surface area contributed by atoms with E-state index < -0.39 is 35.8 Å². The second kappa shape index (κ2) is 5.84. The van der Waals surface area contributed by atoms with E-state index in [0.717, 1.165) is 12.3 Å². The van der Waals surface area contributed by atoms with Gasteiger partial charge >= 0.3 is 0 Å². The van der Waals surface area contributed by atoms with Gasteiger partial charge in [0, 0.05) is 5.56 Å². The Bertz CT molecular complexity index is 475. The number of hydrazone groups is 1. The Hall–Kier alpha value is -2.32. The van der Waals surface area contributed by atoms with Crippen molar-refractivity contribution in [2.75, 3.05) is 6.61 Å². The van der Waals surface area contributed by atoms with Crippen LogP contribution < -0.4 is 11.2 Å². The maximum absolute atomic E-state index is 11.1. The van der Waals surface area contributed by atoms with Crippen LogP contribution in [-0.2, 0) is 4.79 Å². The lowest BCUT2D eigenvalue weighted by Gasteiger charge is -2.05. The first-order valence-electron chi connectivity index (χ1n) is 4.90. The van der Waals surface area contributed by atoms with Crippen molar-refractivity contribution in [3.8, 4) is 17.2 Å². The summed E-state index contributed by atoms with van der Waals surface area (Å²) in [6.45, 7) is -0.521. The van der Waals surface area contributed by atoms with E-state index in [2.05, 4.69) is 5.10 Å². The van der Waals surface area contributed by atoms with E-state index in [-0.39, 0.29) is 5.56 Å². The van der Waals surface area contributed by atoms with Gasteiger partial charge in [-0.1, -0.05) is 0 Å². The molecule has 0 saturated heterocycles. The minimum Gasteiger partial charge on any atom is -0.504 e. The van der Waals surface area contributed by atoms with E-state index in [1.165, 1.54) is 6.07 Å².